The van der Waals surface area contributed by atoms with Crippen LogP contribution < -0.4 is 0 Å². The summed E-state index contributed by atoms with van der Waals surface area (Å²) >= 11 is 0. The van der Waals surface area contributed by atoms with Crippen molar-refractivity contribution in [3.05, 3.63) is 42.2 Å². The Morgan fingerprint density at radius 1 is 0.530 bits per heavy atom. The van der Waals surface area contributed by atoms with Crippen molar-refractivity contribution in [2.75, 3.05) is 26.4 Å². The summed E-state index contributed by atoms with van der Waals surface area (Å²) in [5, 5.41) is 72.0. The Balaban J connectivity index is 1.84. The standard InChI is InChI=1S/C51H88O15/c1-3-5-7-9-11-13-15-17-19-21-23-25-27-29-31-33-42(53)61-36-39(64-43(54)34-32-30-28-26-24-22-20-18-16-14-12-10-8-6-4-2)37-62-50-49(60)47(58)45(56)41(66-50)38-63-51-48(59)46(57)44(55)40(35-52)65-51/h11,13,16-17,19-20,39-41,44-52,55-60H,3-10,12,14-15,21-38H2,1-2H3/b13-11+,19-17+/t18?,39-,40-,41-,44+,45+,46?,47?,48?,49?,50-,51-/m1/s1. The predicted molar refractivity (Wildman–Crippen MR) is 251 cm³/mol. The van der Waals surface area contributed by atoms with Crippen molar-refractivity contribution >= 4 is 11.9 Å². The number of aliphatic hydroxyl groups is 7. The SMILES string of the molecule is CCCCC/C=C/C/C=C/CCCCCCCC(=O)OC[C@H](CO[C@@H]1O[C@H](CO[C@@H]2O[C@H](CO)[C@H](O)C(O)C2O)[C@H](O)C(O)C1O)OC(=O)CCCCCCCC=C=CCCCCCCC. The maximum atomic E-state index is 13.0. The molecule has 0 radical (unpaired) electrons. The highest BCUT2D eigenvalue weighted by Gasteiger charge is 2.47. The first-order valence-electron chi connectivity index (χ1n) is 25.3. The Morgan fingerprint density at radius 2 is 1.00 bits per heavy atom. The van der Waals surface area contributed by atoms with Crippen LogP contribution in [0.5, 0.6) is 0 Å². The van der Waals surface area contributed by atoms with Crippen molar-refractivity contribution in [1.29, 1.82) is 0 Å². The number of carbonyl (C=O) groups is 2. The maximum Gasteiger partial charge on any atom is 0.306 e. The van der Waals surface area contributed by atoms with Crippen LogP contribution in [-0.2, 0) is 38.0 Å². The summed E-state index contributed by atoms with van der Waals surface area (Å²) in [6.45, 7) is 2.50. The smallest absolute Gasteiger partial charge is 0.306 e. The van der Waals surface area contributed by atoms with E-state index in [0.29, 0.717) is 12.8 Å². The van der Waals surface area contributed by atoms with Gasteiger partial charge in [0.25, 0.3) is 0 Å². The number of hydrogen-bond acceptors (Lipinski definition) is 15. The van der Waals surface area contributed by atoms with Gasteiger partial charge in [-0.3, -0.25) is 9.59 Å². The monoisotopic (exact) mass is 941 g/mol. The third kappa shape index (κ3) is 26.3. The zero-order valence-electron chi connectivity index (χ0n) is 40.2. The first-order valence-corrected chi connectivity index (χ1v) is 25.3. The molecule has 0 bridgehead atoms. The van der Waals surface area contributed by atoms with Gasteiger partial charge in [0.1, 0.15) is 55.4 Å². The van der Waals surface area contributed by atoms with Crippen molar-refractivity contribution in [3.63, 3.8) is 0 Å². The molecule has 2 aliphatic rings. The number of esters is 2. The molecule has 2 saturated heterocycles. The van der Waals surface area contributed by atoms with E-state index >= 15 is 0 Å². The van der Waals surface area contributed by atoms with Crippen LogP contribution >= 0.6 is 0 Å². The van der Waals surface area contributed by atoms with Gasteiger partial charge in [0.2, 0.25) is 0 Å². The third-order valence-electron chi connectivity index (χ3n) is 11.9. The van der Waals surface area contributed by atoms with E-state index in [9.17, 15) is 45.3 Å². The van der Waals surface area contributed by atoms with Crippen LogP contribution in [0.15, 0.2) is 42.2 Å². The van der Waals surface area contributed by atoms with Crippen molar-refractivity contribution in [3.8, 4) is 0 Å². The predicted octanol–water partition coefficient (Wildman–Crippen LogP) is 6.70. The lowest BCUT2D eigenvalue weighted by Crippen LogP contribution is -2.61. The van der Waals surface area contributed by atoms with Gasteiger partial charge < -0.3 is 64.2 Å². The molecule has 0 aromatic carbocycles. The molecule has 7 N–H and O–H groups in total. The second-order valence-electron chi connectivity index (χ2n) is 17.7. The Morgan fingerprint density at radius 3 is 1.59 bits per heavy atom. The molecule has 11 atom stereocenters. The normalized spacial score (nSPS) is 26.1. The van der Waals surface area contributed by atoms with Gasteiger partial charge in [-0.25, -0.2) is 0 Å². The topological polar surface area (TPSA) is 231 Å². The zero-order chi connectivity index (χ0) is 48.2. The summed E-state index contributed by atoms with van der Waals surface area (Å²) in [4.78, 5) is 25.7. The quantitative estimate of drug-likeness (QED) is 0.0148. The number of allylic oxidation sites excluding steroid dienone is 5. The fraction of sp³-hybridized carbons (Fsp3) is 0.824. The van der Waals surface area contributed by atoms with Crippen molar-refractivity contribution < 1.29 is 73.8 Å². The molecule has 2 aliphatic heterocycles. The Hall–Kier alpha value is -2.50. The van der Waals surface area contributed by atoms with Gasteiger partial charge in [0.15, 0.2) is 18.7 Å². The van der Waals surface area contributed by atoms with E-state index in [0.717, 1.165) is 83.5 Å². The Bertz CT molecular complexity index is 1350. The molecule has 2 rings (SSSR count). The van der Waals surface area contributed by atoms with Crippen LogP contribution in [0.3, 0.4) is 0 Å². The second-order valence-corrected chi connectivity index (χ2v) is 17.7. The fourth-order valence-electron chi connectivity index (χ4n) is 7.63. The lowest BCUT2D eigenvalue weighted by Gasteiger charge is -2.42. The highest BCUT2D eigenvalue weighted by Crippen LogP contribution is 2.26. The Kier molecular flexibility index (Phi) is 34.7. The van der Waals surface area contributed by atoms with Crippen LogP contribution in [-0.4, -0.2) is 142 Å². The lowest BCUT2D eigenvalue weighted by atomic mass is 9.98. The molecular weight excluding hydrogens is 853 g/mol. The summed E-state index contributed by atoms with van der Waals surface area (Å²) in [6, 6.07) is 0. The molecular formula is C51H88O15. The first-order chi connectivity index (χ1) is 32.0. The van der Waals surface area contributed by atoms with Crippen LogP contribution in [0.2, 0.25) is 0 Å². The largest absolute Gasteiger partial charge is 0.462 e. The van der Waals surface area contributed by atoms with Gasteiger partial charge in [0.05, 0.1) is 19.8 Å². The average molecular weight is 941 g/mol. The molecule has 2 heterocycles. The van der Waals surface area contributed by atoms with E-state index in [-0.39, 0.29) is 19.4 Å². The van der Waals surface area contributed by atoms with Gasteiger partial charge in [-0.05, 0) is 82.8 Å². The van der Waals surface area contributed by atoms with E-state index in [2.05, 4.69) is 56.0 Å². The first kappa shape index (κ1) is 59.6. The average Bonchev–Trinajstić information content (AvgIpc) is 3.31. The minimum absolute atomic E-state index is 0.141. The molecule has 0 spiro atoms. The van der Waals surface area contributed by atoms with Crippen molar-refractivity contribution in [2.45, 2.75) is 242 Å². The maximum absolute atomic E-state index is 13.0. The van der Waals surface area contributed by atoms with Gasteiger partial charge in [-0.2, -0.15) is 0 Å². The zero-order valence-corrected chi connectivity index (χ0v) is 40.2. The van der Waals surface area contributed by atoms with Crippen LogP contribution in [0.4, 0.5) is 0 Å². The molecule has 66 heavy (non-hydrogen) atoms. The number of rotatable bonds is 38. The number of ether oxygens (including phenoxy) is 6. The van der Waals surface area contributed by atoms with Crippen molar-refractivity contribution in [1.82, 2.24) is 0 Å². The molecule has 4 unspecified atom stereocenters. The summed E-state index contributed by atoms with van der Waals surface area (Å²) in [6.07, 6.45) is 20.9. The Labute approximate surface area is 395 Å². The molecule has 0 aromatic heterocycles. The van der Waals surface area contributed by atoms with E-state index in [1.165, 1.54) is 51.4 Å². The number of unbranched alkanes of at least 4 members (excludes halogenated alkanes) is 18. The van der Waals surface area contributed by atoms with Crippen LogP contribution in [0.25, 0.3) is 0 Å². The summed E-state index contributed by atoms with van der Waals surface area (Å²) in [5.74, 6) is -0.963. The third-order valence-corrected chi connectivity index (χ3v) is 11.9. The van der Waals surface area contributed by atoms with E-state index < -0.39 is 99.3 Å². The van der Waals surface area contributed by atoms with Crippen molar-refractivity contribution in [2.24, 2.45) is 0 Å². The van der Waals surface area contributed by atoms with Gasteiger partial charge in [-0.15, -0.1) is 5.73 Å². The molecule has 15 nitrogen and oxygen atoms in total. The van der Waals surface area contributed by atoms with Gasteiger partial charge in [0, 0.05) is 12.8 Å². The van der Waals surface area contributed by atoms with E-state index in [1.807, 2.05) is 0 Å². The summed E-state index contributed by atoms with van der Waals surface area (Å²) < 4.78 is 33.5. The second kappa shape index (κ2) is 38.4. The highest BCUT2D eigenvalue weighted by atomic mass is 16.7. The molecule has 0 saturated carbocycles. The highest BCUT2D eigenvalue weighted by molar-refractivity contribution is 5.70. The number of aliphatic hydroxyl groups excluding tert-OH is 7. The molecule has 0 amide bonds. The molecule has 382 valence electrons. The summed E-state index contributed by atoms with van der Waals surface area (Å²) in [5.41, 5.74) is 3.28. The lowest BCUT2D eigenvalue weighted by molar-refractivity contribution is -0.332. The summed E-state index contributed by atoms with van der Waals surface area (Å²) in [7, 11) is 0. The van der Waals surface area contributed by atoms with Crippen LogP contribution in [0.1, 0.15) is 174 Å². The van der Waals surface area contributed by atoms with E-state index in [4.69, 9.17) is 28.4 Å². The fourth-order valence-corrected chi connectivity index (χ4v) is 7.63. The molecule has 0 aromatic rings. The van der Waals surface area contributed by atoms with E-state index in [1.54, 1.807) is 0 Å². The number of carbonyl (C=O) groups excluding carboxylic acids is 2. The minimum atomic E-state index is -1.77. The van der Waals surface area contributed by atoms with Crippen LogP contribution in [0, 0.1) is 0 Å². The van der Waals surface area contributed by atoms with Gasteiger partial charge in [-0.1, -0.05) is 115 Å². The van der Waals surface area contributed by atoms with Gasteiger partial charge >= 0.3 is 11.9 Å². The number of hydrogen-bond donors (Lipinski definition) is 7. The molecule has 2 fully saturated rings. The minimum Gasteiger partial charge on any atom is -0.462 e. The molecule has 0 aliphatic carbocycles. The molecule has 15 heteroatoms.